The van der Waals surface area contributed by atoms with E-state index in [2.05, 4.69) is 0 Å². The predicted octanol–water partition coefficient (Wildman–Crippen LogP) is 2.71. The summed E-state index contributed by atoms with van der Waals surface area (Å²) in [7, 11) is 0. The first-order chi connectivity index (χ1) is 10.6. The molecular weight excluding hydrogens is 276 g/mol. The van der Waals surface area contributed by atoms with Gasteiger partial charge in [-0.2, -0.15) is 0 Å². The lowest BCUT2D eigenvalue weighted by molar-refractivity contribution is 0.0466. The highest BCUT2D eigenvalue weighted by atomic mass is 16.3. The Balaban J connectivity index is 1.72. The number of carbonyl (C=O) groups excluding carboxylic acids is 1. The van der Waals surface area contributed by atoms with Crippen LogP contribution in [-0.2, 0) is 0 Å². The predicted molar refractivity (Wildman–Crippen MR) is 86.1 cm³/mol. The monoisotopic (exact) mass is 298 g/mol. The number of benzene rings is 1. The highest BCUT2D eigenvalue weighted by Gasteiger charge is 2.26. The molecule has 1 saturated heterocycles. The second kappa shape index (κ2) is 6.36. The van der Waals surface area contributed by atoms with E-state index in [1.54, 1.807) is 0 Å². The van der Waals surface area contributed by atoms with Crippen molar-refractivity contribution in [3.63, 3.8) is 0 Å². The number of aromatic nitrogens is 1. The maximum atomic E-state index is 12.6. The van der Waals surface area contributed by atoms with Gasteiger partial charge in [-0.1, -0.05) is 0 Å². The molecule has 4 nitrogen and oxygen atoms in total. The first-order valence-corrected chi connectivity index (χ1v) is 7.86. The Bertz CT molecular complexity index is 617. The van der Waals surface area contributed by atoms with Gasteiger partial charge in [0.1, 0.15) is 0 Å². The average molecular weight is 298 g/mol. The Morgan fingerprint density at radius 2 is 1.91 bits per heavy atom. The van der Waals surface area contributed by atoms with Gasteiger partial charge in [0.15, 0.2) is 0 Å². The van der Waals surface area contributed by atoms with Crippen molar-refractivity contribution in [3.8, 4) is 5.69 Å². The molecule has 1 aromatic carbocycles. The number of hydrogen-bond donors (Lipinski definition) is 1. The van der Waals surface area contributed by atoms with Crippen molar-refractivity contribution in [3.05, 3.63) is 54.4 Å². The van der Waals surface area contributed by atoms with Crippen molar-refractivity contribution >= 4 is 5.91 Å². The van der Waals surface area contributed by atoms with E-state index in [0.717, 1.165) is 25.1 Å². The van der Waals surface area contributed by atoms with Crippen molar-refractivity contribution in [2.45, 2.75) is 25.9 Å². The number of piperidine rings is 1. The van der Waals surface area contributed by atoms with Gasteiger partial charge in [-0.05, 0) is 56.2 Å². The van der Waals surface area contributed by atoms with E-state index in [-0.39, 0.29) is 17.9 Å². The summed E-state index contributed by atoms with van der Waals surface area (Å²) in [5.74, 6) is 0.251. The van der Waals surface area contributed by atoms with E-state index in [1.165, 1.54) is 0 Å². The van der Waals surface area contributed by atoms with Crippen LogP contribution in [0.3, 0.4) is 0 Å². The standard InChI is InChI=1S/C18H22N2O2/c1-14(21)16-5-4-12-20(13-16)18(22)15-6-8-17(9-7-15)19-10-2-3-11-19/h2-3,6-11,14,16,21H,4-5,12-13H2,1H3. The van der Waals surface area contributed by atoms with E-state index in [4.69, 9.17) is 0 Å². The second-order valence-corrected chi connectivity index (χ2v) is 6.03. The lowest BCUT2D eigenvalue weighted by atomic mass is 9.93. The first-order valence-electron chi connectivity index (χ1n) is 7.86. The zero-order valence-electron chi connectivity index (χ0n) is 12.9. The van der Waals surface area contributed by atoms with Gasteiger partial charge in [-0.25, -0.2) is 0 Å². The maximum absolute atomic E-state index is 12.6. The molecule has 3 rings (SSSR count). The van der Waals surface area contributed by atoms with E-state index < -0.39 is 0 Å². The van der Waals surface area contributed by atoms with E-state index in [1.807, 2.05) is 65.2 Å². The molecule has 1 N–H and O–H groups in total. The van der Waals surface area contributed by atoms with Crippen LogP contribution >= 0.6 is 0 Å². The highest BCUT2D eigenvalue weighted by Crippen LogP contribution is 2.21. The molecule has 1 aromatic heterocycles. The molecule has 22 heavy (non-hydrogen) atoms. The summed E-state index contributed by atoms with van der Waals surface area (Å²) in [5, 5.41) is 9.75. The molecule has 2 atom stereocenters. The minimum atomic E-state index is -0.355. The number of carbonyl (C=O) groups is 1. The van der Waals surface area contributed by atoms with Crippen molar-refractivity contribution in [2.24, 2.45) is 5.92 Å². The van der Waals surface area contributed by atoms with Crippen molar-refractivity contribution < 1.29 is 9.90 Å². The van der Waals surface area contributed by atoms with Gasteiger partial charge in [0, 0.05) is 42.7 Å². The van der Waals surface area contributed by atoms with Crippen LogP contribution in [0.4, 0.5) is 0 Å². The summed E-state index contributed by atoms with van der Waals surface area (Å²) in [6, 6.07) is 11.6. The molecule has 0 saturated carbocycles. The number of aliphatic hydroxyl groups excluding tert-OH is 1. The van der Waals surface area contributed by atoms with Crippen molar-refractivity contribution in [1.82, 2.24) is 9.47 Å². The van der Waals surface area contributed by atoms with Gasteiger partial charge in [0.25, 0.3) is 5.91 Å². The Kier molecular flexibility index (Phi) is 4.29. The van der Waals surface area contributed by atoms with E-state index in [0.29, 0.717) is 12.1 Å². The smallest absolute Gasteiger partial charge is 0.253 e. The van der Waals surface area contributed by atoms with Gasteiger partial charge < -0.3 is 14.6 Å². The average Bonchev–Trinajstić information content (AvgIpc) is 3.09. The maximum Gasteiger partial charge on any atom is 0.253 e. The molecule has 0 bridgehead atoms. The molecule has 2 aromatic rings. The van der Waals surface area contributed by atoms with E-state index >= 15 is 0 Å². The molecule has 0 spiro atoms. The quantitative estimate of drug-likeness (QED) is 0.947. The normalized spacial score (nSPS) is 19.9. The number of nitrogens with zero attached hydrogens (tertiary/aromatic N) is 2. The van der Waals surface area contributed by atoms with Gasteiger partial charge >= 0.3 is 0 Å². The molecular formula is C18H22N2O2. The van der Waals surface area contributed by atoms with Crippen LogP contribution in [0.25, 0.3) is 5.69 Å². The molecule has 2 heterocycles. The second-order valence-electron chi connectivity index (χ2n) is 6.03. The van der Waals surface area contributed by atoms with Crippen LogP contribution < -0.4 is 0 Å². The molecule has 2 unspecified atom stereocenters. The third kappa shape index (κ3) is 3.07. The molecule has 0 radical (unpaired) electrons. The molecule has 1 aliphatic rings. The van der Waals surface area contributed by atoms with Crippen molar-refractivity contribution in [1.29, 1.82) is 0 Å². The summed E-state index contributed by atoms with van der Waals surface area (Å²) in [4.78, 5) is 14.5. The van der Waals surface area contributed by atoms with Crippen LogP contribution in [0.15, 0.2) is 48.8 Å². The lowest BCUT2D eigenvalue weighted by Gasteiger charge is -2.34. The summed E-state index contributed by atoms with van der Waals surface area (Å²) < 4.78 is 2.01. The Hall–Kier alpha value is -2.07. The summed E-state index contributed by atoms with van der Waals surface area (Å²) >= 11 is 0. The molecule has 1 aliphatic heterocycles. The topological polar surface area (TPSA) is 45.5 Å². The molecule has 0 aliphatic carbocycles. The fraction of sp³-hybridized carbons (Fsp3) is 0.389. The zero-order valence-corrected chi connectivity index (χ0v) is 12.9. The third-order valence-corrected chi connectivity index (χ3v) is 4.44. The number of aliphatic hydroxyl groups is 1. The summed E-state index contributed by atoms with van der Waals surface area (Å²) in [5.41, 5.74) is 1.75. The largest absolute Gasteiger partial charge is 0.393 e. The van der Waals surface area contributed by atoms with Crippen LogP contribution in [0.2, 0.25) is 0 Å². The Morgan fingerprint density at radius 3 is 2.55 bits per heavy atom. The Morgan fingerprint density at radius 1 is 1.23 bits per heavy atom. The highest BCUT2D eigenvalue weighted by molar-refractivity contribution is 5.94. The fourth-order valence-corrected chi connectivity index (χ4v) is 3.05. The molecule has 1 amide bonds. The minimum Gasteiger partial charge on any atom is -0.393 e. The SMILES string of the molecule is CC(O)C1CCCN(C(=O)c2ccc(-n3cccc3)cc2)C1. The van der Waals surface area contributed by atoms with Crippen molar-refractivity contribution in [2.75, 3.05) is 13.1 Å². The number of likely N-dealkylation sites (tertiary alicyclic amines) is 1. The third-order valence-electron chi connectivity index (χ3n) is 4.44. The molecule has 4 heteroatoms. The number of rotatable bonds is 3. The molecule has 1 fully saturated rings. The van der Waals surface area contributed by atoms with Crippen LogP contribution in [-0.4, -0.2) is 39.7 Å². The summed E-state index contributed by atoms with van der Waals surface area (Å²) in [6.45, 7) is 3.24. The van der Waals surface area contributed by atoms with Crippen LogP contribution in [0.1, 0.15) is 30.1 Å². The minimum absolute atomic E-state index is 0.0596. The van der Waals surface area contributed by atoms with Gasteiger partial charge in [-0.3, -0.25) is 4.79 Å². The number of hydrogen-bond acceptors (Lipinski definition) is 2. The van der Waals surface area contributed by atoms with Crippen LogP contribution in [0.5, 0.6) is 0 Å². The van der Waals surface area contributed by atoms with Gasteiger partial charge in [0.05, 0.1) is 6.10 Å². The first kappa shape index (κ1) is 14.9. The Labute approximate surface area is 131 Å². The van der Waals surface area contributed by atoms with Gasteiger partial charge in [-0.15, -0.1) is 0 Å². The summed E-state index contributed by atoms with van der Waals surface area (Å²) in [6.07, 6.45) is 5.56. The van der Waals surface area contributed by atoms with E-state index in [9.17, 15) is 9.90 Å². The van der Waals surface area contributed by atoms with Gasteiger partial charge in [0.2, 0.25) is 0 Å². The van der Waals surface area contributed by atoms with Crippen LogP contribution in [0, 0.1) is 5.92 Å². The number of amides is 1. The lowest BCUT2D eigenvalue weighted by Crippen LogP contribution is -2.42. The zero-order chi connectivity index (χ0) is 15.5. The fourth-order valence-electron chi connectivity index (χ4n) is 3.05. The molecule has 116 valence electrons.